The molecular formula is C10H20N2O. The molecule has 3 N–H and O–H groups in total. The van der Waals surface area contributed by atoms with Gasteiger partial charge in [0.15, 0.2) is 0 Å². The Kier molecular flexibility index (Phi) is 5.39. The lowest BCUT2D eigenvalue weighted by Gasteiger charge is -2.14. The van der Waals surface area contributed by atoms with Crippen molar-refractivity contribution >= 4 is 5.91 Å². The first kappa shape index (κ1) is 12.2. The zero-order valence-corrected chi connectivity index (χ0v) is 8.76. The van der Waals surface area contributed by atoms with Gasteiger partial charge in [0.05, 0.1) is 6.17 Å². The molecule has 0 rings (SSSR count). The number of carbonyl (C=O) groups is 1. The standard InChI is InChI=1S/C10H20N2O/c1-7(2)5-6-9(11)12-10(13)8(3)4/h7,9H,3,5-6,11H2,1-2,4H3,(H,12,13). The lowest BCUT2D eigenvalue weighted by Crippen LogP contribution is -2.41. The van der Waals surface area contributed by atoms with E-state index in [1.54, 1.807) is 6.92 Å². The molecule has 0 spiro atoms. The van der Waals surface area contributed by atoms with Crippen molar-refractivity contribution in [1.82, 2.24) is 5.32 Å². The molecule has 3 heteroatoms. The van der Waals surface area contributed by atoms with E-state index >= 15 is 0 Å². The van der Waals surface area contributed by atoms with Gasteiger partial charge in [0.25, 0.3) is 0 Å². The highest BCUT2D eigenvalue weighted by Gasteiger charge is 2.07. The number of amides is 1. The summed E-state index contributed by atoms with van der Waals surface area (Å²) >= 11 is 0. The summed E-state index contributed by atoms with van der Waals surface area (Å²) in [7, 11) is 0. The molecule has 0 bridgehead atoms. The minimum atomic E-state index is -0.244. The van der Waals surface area contributed by atoms with Gasteiger partial charge in [-0.15, -0.1) is 0 Å². The van der Waals surface area contributed by atoms with Gasteiger partial charge >= 0.3 is 0 Å². The van der Waals surface area contributed by atoms with Crippen LogP contribution in [0.1, 0.15) is 33.6 Å². The SMILES string of the molecule is C=C(C)C(=O)NC(N)CCC(C)C. The molecule has 0 radical (unpaired) electrons. The molecule has 0 aromatic rings. The van der Waals surface area contributed by atoms with Crippen molar-refractivity contribution in [2.24, 2.45) is 11.7 Å². The van der Waals surface area contributed by atoms with Crippen molar-refractivity contribution in [2.75, 3.05) is 0 Å². The van der Waals surface area contributed by atoms with E-state index in [0.29, 0.717) is 11.5 Å². The van der Waals surface area contributed by atoms with Gasteiger partial charge in [-0.2, -0.15) is 0 Å². The zero-order valence-electron chi connectivity index (χ0n) is 8.76. The summed E-state index contributed by atoms with van der Waals surface area (Å²) in [6, 6.07) is 0. The highest BCUT2D eigenvalue weighted by atomic mass is 16.1. The molecule has 3 nitrogen and oxygen atoms in total. The molecule has 0 heterocycles. The Hall–Kier alpha value is -0.830. The summed E-state index contributed by atoms with van der Waals surface area (Å²) in [5.74, 6) is 0.462. The fourth-order valence-corrected chi connectivity index (χ4v) is 0.877. The molecule has 0 saturated heterocycles. The van der Waals surface area contributed by atoms with Crippen LogP contribution in [0.4, 0.5) is 0 Å². The molecule has 1 amide bonds. The lowest BCUT2D eigenvalue weighted by atomic mass is 10.1. The van der Waals surface area contributed by atoms with Crippen molar-refractivity contribution in [3.05, 3.63) is 12.2 Å². The van der Waals surface area contributed by atoms with Crippen molar-refractivity contribution < 1.29 is 4.79 Å². The average Bonchev–Trinajstić information content (AvgIpc) is 2.00. The normalized spacial score (nSPS) is 12.7. The van der Waals surface area contributed by atoms with E-state index in [4.69, 9.17) is 5.73 Å². The predicted octanol–water partition coefficient (Wildman–Crippen LogP) is 1.40. The van der Waals surface area contributed by atoms with Crippen molar-refractivity contribution in [3.63, 3.8) is 0 Å². The highest BCUT2D eigenvalue weighted by Crippen LogP contribution is 2.04. The third kappa shape index (κ3) is 6.34. The predicted molar refractivity (Wildman–Crippen MR) is 55.0 cm³/mol. The molecule has 0 saturated carbocycles. The number of carbonyl (C=O) groups excluding carboxylic acids is 1. The van der Waals surface area contributed by atoms with Gasteiger partial charge in [-0.05, 0) is 25.7 Å². The summed E-state index contributed by atoms with van der Waals surface area (Å²) in [5.41, 5.74) is 6.19. The second kappa shape index (κ2) is 5.75. The van der Waals surface area contributed by atoms with Gasteiger partial charge in [-0.1, -0.05) is 20.4 Å². The number of hydrogen-bond acceptors (Lipinski definition) is 2. The van der Waals surface area contributed by atoms with Crippen molar-refractivity contribution in [3.8, 4) is 0 Å². The van der Waals surface area contributed by atoms with E-state index in [-0.39, 0.29) is 12.1 Å². The molecule has 0 aliphatic carbocycles. The number of rotatable bonds is 5. The fourth-order valence-electron chi connectivity index (χ4n) is 0.877. The maximum absolute atomic E-state index is 11.1. The van der Waals surface area contributed by atoms with Gasteiger partial charge in [0, 0.05) is 5.57 Å². The molecule has 0 aliphatic heterocycles. The van der Waals surface area contributed by atoms with Crippen LogP contribution in [0.2, 0.25) is 0 Å². The molecule has 76 valence electrons. The first-order chi connectivity index (χ1) is 5.93. The van der Waals surface area contributed by atoms with E-state index in [1.807, 2.05) is 0 Å². The Bertz CT molecular complexity index is 187. The third-order valence-corrected chi connectivity index (χ3v) is 1.76. The number of hydrogen-bond donors (Lipinski definition) is 2. The Labute approximate surface area is 80.4 Å². The van der Waals surface area contributed by atoms with Crippen LogP contribution >= 0.6 is 0 Å². The van der Waals surface area contributed by atoms with E-state index in [9.17, 15) is 4.79 Å². The minimum absolute atomic E-state index is 0.156. The van der Waals surface area contributed by atoms with Gasteiger partial charge in [-0.3, -0.25) is 4.79 Å². The van der Waals surface area contributed by atoms with Crippen LogP contribution in [0, 0.1) is 5.92 Å². The maximum Gasteiger partial charge on any atom is 0.247 e. The summed E-state index contributed by atoms with van der Waals surface area (Å²) in [6.07, 6.45) is 1.60. The second-order valence-corrected chi connectivity index (χ2v) is 3.83. The van der Waals surface area contributed by atoms with Crippen LogP contribution in [0.25, 0.3) is 0 Å². The summed E-state index contributed by atoms with van der Waals surface area (Å²) in [5, 5.41) is 2.67. The van der Waals surface area contributed by atoms with E-state index < -0.39 is 0 Å². The van der Waals surface area contributed by atoms with Crippen LogP contribution in [-0.2, 0) is 4.79 Å². The zero-order chi connectivity index (χ0) is 10.4. The Morgan fingerprint density at radius 2 is 2.00 bits per heavy atom. The quantitative estimate of drug-likeness (QED) is 0.501. The summed E-state index contributed by atoms with van der Waals surface area (Å²) in [4.78, 5) is 11.1. The minimum Gasteiger partial charge on any atom is -0.337 e. The third-order valence-electron chi connectivity index (χ3n) is 1.76. The highest BCUT2D eigenvalue weighted by molar-refractivity contribution is 5.92. The molecular weight excluding hydrogens is 164 g/mol. The van der Waals surface area contributed by atoms with E-state index in [2.05, 4.69) is 25.7 Å². The van der Waals surface area contributed by atoms with Gasteiger partial charge in [0.1, 0.15) is 0 Å². The first-order valence-corrected chi connectivity index (χ1v) is 4.65. The van der Waals surface area contributed by atoms with Crippen LogP contribution in [0.3, 0.4) is 0 Å². The van der Waals surface area contributed by atoms with E-state index in [1.165, 1.54) is 0 Å². The molecule has 1 unspecified atom stereocenters. The topological polar surface area (TPSA) is 55.1 Å². The molecule has 0 aromatic carbocycles. The van der Waals surface area contributed by atoms with Crippen LogP contribution < -0.4 is 11.1 Å². The number of nitrogens with one attached hydrogen (secondary N) is 1. The smallest absolute Gasteiger partial charge is 0.247 e. The molecule has 1 atom stereocenters. The van der Waals surface area contributed by atoms with Crippen LogP contribution in [0.5, 0.6) is 0 Å². The Morgan fingerprint density at radius 3 is 2.38 bits per heavy atom. The second-order valence-electron chi connectivity index (χ2n) is 3.83. The molecule has 0 aliphatic rings. The maximum atomic E-state index is 11.1. The Balaban J connectivity index is 3.68. The fraction of sp³-hybridized carbons (Fsp3) is 0.700. The van der Waals surface area contributed by atoms with Gasteiger partial charge in [0.2, 0.25) is 5.91 Å². The number of nitrogens with two attached hydrogens (primary N) is 1. The molecule has 13 heavy (non-hydrogen) atoms. The monoisotopic (exact) mass is 184 g/mol. The van der Waals surface area contributed by atoms with Gasteiger partial charge in [-0.25, -0.2) is 0 Å². The van der Waals surface area contributed by atoms with Gasteiger partial charge < -0.3 is 11.1 Å². The summed E-state index contributed by atoms with van der Waals surface area (Å²) < 4.78 is 0. The van der Waals surface area contributed by atoms with E-state index in [0.717, 1.165) is 12.8 Å². The average molecular weight is 184 g/mol. The van der Waals surface area contributed by atoms with Crippen molar-refractivity contribution in [2.45, 2.75) is 39.8 Å². The van der Waals surface area contributed by atoms with Crippen LogP contribution in [-0.4, -0.2) is 12.1 Å². The van der Waals surface area contributed by atoms with Crippen LogP contribution in [0.15, 0.2) is 12.2 Å². The first-order valence-electron chi connectivity index (χ1n) is 4.65. The lowest BCUT2D eigenvalue weighted by molar-refractivity contribution is -0.118. The van der Waals surface area contributed by atoms with Crippen molar-refractivity contribution in [1.29, 1.82) is 0 Å². The molecule has 0 fully saturated rings. The molecule has 0 aromatic heterocycles. The largest absolute Gasteiger partial charge is 0.337 e. The summed E-state index contributed by atoms with van der Waals surface area (Å²) in [6.45, 7) is 9.47. The Morgan fingerprint density at radius 1 is 1.46 bits per heavy atom.